The molecule has 0 fully saturated rings. The average Bonchev–Trinajstić information content (AvgIpc) is 3.57. The van der Waals surface area contributed by atoms with Crippen molar-refractivity contribution in [3.8, 4) is 16.9 Å². The van der Waals surface area contributed by atoms with E-state index in [9.17, 15) is 40.3 Å². The van der Waals surface area contributed by atoms with Crippen molar-refractivity contribution in [1.29, 1.82) is 0 Å². The van der Waals surface area contributed by atoms with Gasteiger partial charge in [-0.3, -0.25) is 14.6 Å². The van der Waals surface area contributed by atoms with Crippen molar-refractivity contribution < 1.29 is 55.0 Å². The molecule has 0 radical (unpaired) electrons. The fourth-order valence-electron chi connectivity index (χ4n) is 3.68. The van der Waals surface area contributed by atoms with Crippen molar-refractivity contribution in [2.24, 2.45) is 5.73 Å². The number of nitrogens with two attached hydrogens (primary N) is 1. The Kier molecular flexibility index (Phi) is 11.9. The first kappa shape index (κ1) is 36.3. The molecule has 0 bridgehead atoms. The summed E-state index contributed by atoms with van der Waals surface area (Å²) in [5, 5.41) is 25.7. The lowest BCUT2D eigenvalue weighted by Crippen LogP contribution is -2.21. The summed E-state index contributed by atoms with van der Waals surface area (Å²) < 4.78 is 89.1. The number of carboxylic acids is 1. The van der Waals surface area contributed by atoms with Crippen LogP contribution >= 0.6 is 11.3 Å². The first-order chi connectivity index (χ1) is 21.9. The number of ether oxygens (including phenoxy) is 1. The molecule has 13 nitrogen and oxygen atoms in total. The van der Waals surface area contributed by atoms with Crippen LogP contribution in [0.15, 0.2) is 42.6 Å². The summed E-state index contributed by atoms with van der Waals surface area (Å²) in [4.78, 5) is 36.8. The van der Waals surface area contributed by atoms with Crippen LogP contribution in [-0.2, 0) is 29.0 Å². The second-order valence-corrected chi connectivity index (χ2v) is 10.4. The Bertz CT molecular complexity index is 1710. The highest BCUT2D eigenvalue weighted by atomic mass is 32.1. The van der Waals surface area contributed by atoms with Gasteiger partial charge in [-0.25, -0.2) is 13.9 Å². The van der Waals surface area contributed by atoms with Gasteiger partial charge in [-0.1, -0.05) is 28.7 Å². The molecule has 3 aromatic heterocycles. The SMILES string of the molecule is Cc1c(C(N)=O)nnn1CC(F)CCc1nnc(NC(=O)Cc2cc(-c3cccc(OC(F)(F)F)c3)ccn2)s1.O=C(O)C(F)(F)F. The van der Waals surface area contributed by atoms with Gasteiger partial charge in [-0.15, -0.1) is 28.5 Å². The Labute approximate surface area is 263 Å². The van der Waals surface area contributed by atoms with Crippen LogP contribution in [0, 0.1) is 6.92 Å². The number of aryl methyl sites for hydroxylation is 1. The molecule has 4 aromatic rings. The maximum atomic E-state index is 14.5. The van der Waals surface area contributed by atoms with Gasteiger partial charge in [0.15, 0.2) is 5.69 Å². The standard InChI is InChI=1S/C24H22F4N8O3S.C2HF3O2/c1-13-21(22(29)38)33-35-36(13)12-16(25)5-6-20-32-34-23(40-20)31-19(37)11-17-9-15(7-8-30-17)14-3-2-4-18(10-14)39-24(26,27)28;3-2(4,5)1(6)7/h2-4,7-10,16H,5-6,11-12H2,1H3,(H2,29,38)(H,31,34,37);(H,6,7). The van der Waals surface area contributed by atoms with Gasteiger partial charge in [0.2, 0.25) is 11.0 Å². The summed E-state index contributed by atoms with van der Waals surface area (Å²) in [6.45, 7) is 1.46. The zero-order valence-electron chi connectivity index (χ0n) is 23.8. The van der Waals surface area contributed by atoms with E-state index in [0.29, 0.717) is 27.5 Å². The minimum absolute atomic E-state index is 0.0108. The largest absolute Gasteiger partial charge is 0.573 e. The van der Waals surface area contributed by atoms with Gasteiger partial charge in [0.25, 0.3) is 5.91 Å². The minimum Gasteiger partial charge on any atom is -0.475 e. The van der Waals surface area contributed by atoms with E-state index in [4.69, 9.17) is 15.6 Å². The number of rotatable bonds is 11. The maximum absolute atomic E-state index is 14.5. The van der Waals surface area contributed by atoms with E-state index in [2.05, 4.69) is 35.5 Å². The highest BCUT2D eigenvalue weighted by molar-refractivity contribution is 7.15. The lowest BCUT2D eigenvalue weighted by molar-refractivity contribution is -0.274. The molecule has 47 heavy (non-hydrogen) atoms. The van der Waals surface area contributed by atoms with E-state index >= 15 is 0 Å². The monoisotopic (exact) mass is 692 g/mol. The lowest BCUT2D eigenvalue weighted by Gasteiger charge is -2.10. The van der Waals surface area contributed by atoms with Crippen LogP contribution in [-0.4, -0.2) is 71.8 Å². The molecule has 1 unspecified atom stereocenters. The number of hydrogen-bond acceptors (Lipinski definition) is 10. The summed E-state index contributed by atoms with van der Waals surface area (Å²) >= 11 is 1.09. The first-order valence-corrected chi connectivity index (χ1v) is 13.8. The molecular formula is C26H23F7N8O5S. The molecule has 3 heterocycles. The van der Waals surface area contributed by atoms with Gasteiger partial charge < -0.3 is 20.9 Å². The third-order valence-electron chi connectivity index (χ3n) is 5.77. The number of hydrogen-bond donors (Lipinski definition) is 3. The minimum atomic E-state index is -5.08. The van der Waals surface area contributed by atoms with Crippen LogP contribution in [0.2, 0.25) is 0 Å². The van der Waals surface area contributed by atoms with Gasteiger partial charge in [0, 0.05) is 12.6 Å². The van der Waals surface area contributed by atoms with Crippen LogP contribution in [0.1, 0.15) is 33.3 Å². The molecule has 0 saturated carbocycles. The molecular weight excluding hydrogens is 669 g/mol. The van der Waals surface area contributed by atoms with Crippen LogP contribution in [0.5, 0.6) is 5.75 Å². The number of amides is 2. The van der Waals surface area contributed by atoms with Crippen molar-refractivity contribution in [3.05, 3.63) is 64.7 Å². The van der Waals surface area contributed by atoms with Crippen LogP contribution < -0.4 is 15.8 Å². The normalized spacial score (nSPS) is 12.1. The van der Waals surface area contributed by atoms with Gasteiger partial charge in [0.05, 0.1) is 24.4 Å². The topological polar surface area (TPSA) is 188 Å². The van der Waals surface area contributed by atoms with Crippen molar-refractivity contribution in [2.75, 3.05) is 5.32 Å². The Morgan fingerprint density at radius 3 is 2.36 bits per heavy atom. The number of benzene rings is 1. The molecule has 252 valence electrons. The number of aliphatic carboxylic acids is 1. The van der Waals surface area contributed by atoms with Crippen LogP contribution in [0.25, 0.3) is 11.1 Å². The molecule has 0 aliphatic heterocycles. The third-order valence-corrected chi connectivity index (χ3v) is 6.67. The van der Waals surface area contributed by atoms with E-state index in [1.165, 1.54) is 29.1 Å². The zero-order chi connectivity index (χ0) is 34.9. The molecule has 0 saturated heterocycles. The Morgan fingerprint density at radius 2 is 1.74 bits per heavy atom. The fourth-order valence-corrected chi connectivity index (χ4v) is 4.45. The van der Waals surface area contributed by atoms with E-state index in [-0.39, 0.29) is 42.4 Å². The van der Waals surface area contributed by atoms with Gasteiger partial charge >= 0.3 is 18.5 Å². The van der Waals surface area contributed by atoms with E-state index < -0.39 is 36.5 Å². The number of halogens is 7. The van der Waals surface area contributed by atoms with E-state index in [1.807, 2.05) is 0 Å². The lowest BCUT2D eigenvalue weighted by atomic mass is 10.1. The number of carbonyl (C=O) groups is 3. The smallest absolute Gasteiger partial charge is 0.475 e. The average molecular weight is 693 g/mol. The molecule has 4 rings (SSSR count). The van der Waals surface area contributed by atoms with Crippen molar-refractivity contribution >= 4 is 34.3 Å². The fraction of sp³-hybridized carbons (Fsp3) is 0.308. The first-order valence-electron chi connectivity index (χ1n) is 13.0. The van der Waals surface area contributed by atoms with E-state index in [1.54, 1.807) is 25.1 Å². The summed E-state index contributed by atoms with van der Waals surface area (Å²) in [6.07, 6.45) is -9.53. The predicted octanol–water partition coefficient (Wildman–Crippen LogP) is 4.28. The summed E-state index contributed by atoms with van der Waals surface area (Å²) in [5.74, 6) is -4.29. The number of alkyl halides is 7. The maximum Gasteiger partial charge on any atom is 0.573 e. The third kappa shape index (κ3) is 11.6. The predicted molar refractivity (Wildman–Crippen MR) is 149 cm³/mol. The van der Waals surface area contributed by atoms with Crippen molar-refractivity contribution in [1.82, 2.24) is 30.2 Å². The Hall–Kier alpha value is -5.21. The quantitative estimate of drug-likeness (QED) is 0.192. The molecule has 4 N–H and O–H groups in total. The molecule has 1 atom stereocenters. The summed E-state index contributed by atoms with van der Waals surface area (Å²) in [7, 11) is 0. The van der Waals surface area contributed by atoms with Crippen LogP contribution in [0.4, 0.5) is 35.9 Å². The van der Waals surface area contributed by atoms with Crippen molar-refractivity contribution in [3.63, 3.8) is 0 Å². The number of pyridine rings is 1. The highest BCUT2D eigenvalue weighted by Gasteiger charge is 2.38. The van der Waals surface area contributed by atoms with E-state index in [0.717, 1.165) is 11.3 Å². The number of primary amides is 1. The summed E-state index contributed by atoms with van der Waals surface area (Å²) in [6, 6.07) is 8.65. The number of carbonyl (C=O) groups excluding carboxylic acids is 2. The molecule has 0 aliphatic rings. The second kappa shape index (κ2) is 15.4. The highest BCUT2D eigenvalue weighted by Crippen LogP contribution is 2.28. The zero-order valence-corrected chi connectivity index (χ0v) is 24.7. The van der Waals surface area contributed by atoms with Gasteiger partial charge in [-0.05, 0) is 48.7 Å². The number of carboxylic acid groups (broad SMARTS) is 1. The number of anilines is 1. The van der Waals surface area contributed by atoms with Crippen molar-refractivity contribution in [2.45, 2.75) is 51.4 Å². The van der Waals surface area contributed by atoms with Gasteiger partial charge in [-0.2, -0.15) is 13.2 Å². The van der Waals surface area contributed by atoms with Gasteiger partial charge in [0.1, 0.15) is 16.9 Å². The summed E-state index contributed by atoms with van der Waals surface area (Å²) in [5.41, 5.74) is 6.95. The number of aromatic nitrogens is 6. The molecule has 0 spiro atoms. The molecule has 21 heteroatoms. The Balaban J connectivity index is 0.000000771. The molecule has 0 aliphatic carbocycles. The number of nitrogens with zero attached hydrogens (tertiary/aromatic N) is 6. The Morgan fingerprint density at radius 1 is 1.06 bits per heavy atom. The molecule has 1 aromatic carbocycles. The molecule has 2 amide bonds. The second-order valence-electron chi connectivity index (χ2n) is 9.35. The number of nitrogens with one attached hydrogen (secondary N) is 1. The van der Waals surface area contributed by atoms with Crippen LogP contribution in [0.3, 0.4) is 0 Å².